The molecule has 0 radical (unpaired) electrons. The van der Waals surface area contributed by atoms with Gasteiger partial charge in [-0.15, -0.1) is 0 Å². The summed E-state index contributed by atoms with van der Waals surface area (Å²) in [6.07, 6.45) is -3.52. The first-order valence-corrected chi connectivity index (χ1v) is 7.08. The molecule has 0 aliphatic carbocycles. The number of rotatable bonds is 2. The Labute approximate surface area is 112 Å². The van der Waals surface area contributed by atoms with Gasteiger partial charge in [0.05, 0.1) is 11.3 Å². The molecule has 0 spiro atoms. The molecular weight excluding hydrogens is 295 g/mol. The van der Waals surface area contributed by atoms with Gasteiger partial charge >= 0.3 is 6.18 Å². The van der Waals surface area contributed by atoms with Crippen LogP contribution in [0, 0.1) is 11.3 Å². The molecule has 0 N–H and O–H groups in total. The zero-order valence-corrected chi connectivity index (χ0v) is 11.0. The van der Waals surface area contributed by atoms with E-state index in [1.807, 2.05) is 0 Å². The predicted octanol–water partition coefficient (Wildman–Crippen LogP) is 2.02. The molecule has 0 unspecified atom stereocenters. The Morgan fingerprint density at radius 2 is 2.10 bits per heavy atom. The Morgan fingerprint density at radius 3 is 2.60 bits per heavy atom. The molecular formula is C11H8F3N3O2S. The number of halogens is 3. The Hall–Kier alpha value is -2.08. The lowest BCUT2D eigenvalue weighted by atomic mass is 10.2. The number of aromatic nitrogens is 2. The van der Waals surface area contributed by atoms with E-state index in [0.29, 0.717) is 0 Å². The fourth-order valence-corrected chi connectivity index (χ4v) is 2.66. The quantitative estimate of drug-likeness (QED) is 0.850. The van der Waals surface area contributed by atoms with Crippen LogP contribution in [0.25, 0.3) is 5.65 Å². The Kier molecular flexibility index (Phi) is 3.21. The molecule has 2 heterocycles. The van der Waals surface area contributed by atoms with Crippen LogP contribution < -0.4 is 0 Å². The third-order valence-electron chi connectivity index (χ3n) is 2.70. The molecule has 0 bridgehead atoms. The second-order valence-electron chi connectivity index (χ2n) is 3.89. The van der Waals surface area contributed by atoms with Crippen LogP contribution in [0.3, 0.4) is 0 Å². The SMILES string of the molecule is CCS(=O)(=O)c1nc2c(C(F)(F)F)cccn2c1C#N. The number of hydrogen-bond donors (Lipinski definition) is 0. The van der Waals surface area contributed by atoms with E-state index in [-0.39, 0.29) is 5.75 Å². The highest BCUT2D eigenvalue weighted by molar-refractivity contribution is 7.91. The number of imidazole rings is 1. The summed E-state index contributed by atoms with van der Waals surface area (Å²) in [6.45, 7) is 1.32. The Balaban J connectivity index is 2.93. The normalized spacial score (nSPS) is 12.6. The lowest BCUT2D eigenvalue weighted by Crippen LogP contribution is -2.07. The minimum atomic E-state index is -4.69. The van der Waals surface area contributed by atoms with Crippen molar-refractivity contribution in [3.63, 3.8) is 0 Å². The molecule has 2 aromatic rings. The summed E-state index contributed by atoms with van der Waals surface area (Å²) in [6, 6.07) is 3.46. The second kappa shape index (κ2) is 4.49. The third-order valence-corrected chi connectivity index (χ3v) is 4.34. The van der Waals surface area contributed by atoms with Crippen molar-refractivity contribution in [2.75, 3.05) is 5.75 Å². The van der Waals surface area contributed by atoms with Crippen molar-refractivity contribution in [1.29, 1.82) is 5.26 Å². The van der Waals surface area contributed by atoms with Gasteiger partial charge in [-0.2, -0.15) is 18.4 Å². The smallest absolute Gasteiger partial charge is 0.290 e. The molecule has 20 heavy (non-hydrogen) atoms. The minimum Gasteiger partial charge on any atom is -0.290 e. The molecule has 0 aliphatic rings. The number of hydrogen-bond acceptors (Lipinski definition) is 4. The average Bonchev–Trinajstić information content (AvgIpc) is 2.76. The summed E-state index contributed by atoms with van der Waals surface area (Å²) in [7, 11) is -3.89. The average molecular weight is 303 g/mol. The largest absolute Gasteiger partial charge is 0.419 e. The number of nitrogens with zero attached hydrogens (tertiary/aromatic N) is 3. The number of nitriles is 1. The molecule has 2 aromatic heterocycles. The van der Waals surface area contributed by atoms with Crippen molar-refractivity contribution in [3.8, 4) is 6.07 Å². The number of alkyl halides is 3. The van der Waals surface area contributed by atoms with E-state index in [9.17, 15) is 21.6 Å². The van der Waals surface area contributed by atoms with E-state index in [1.165, 1.54) is 13.1 Å². The summed E-state index contributed by atoms with van der Waals surface area (Å²) in [4.78, 5) is 3.52. The molecule has 0 saturated heterocycles. The van der Waals surface area contributed by atoms with Crippen LogP contribution in [-0.4, -0.2) is 23.6 Å². The van der Waals surface area contributed by atoms with E-state index >= 15 is 0 Å². The molecule has 9 heteroatoms. The van der Waals surface area contributed by atoms with Gasteiger partial charge in [-0.25, -0.2) is 13.4 Å². The highest BCUT2D eigenvalue weighted by Gasteiger charge is 2.35. The first-order chi connectivity index (χ1) is 9.22. The van der Waals surface area contributed by atoms with Gasteiger partial charge < -0.3 is 0 Å². The van der Waals surface area contributed by atoms with E-state index in [0.717, 1.165) is 16.5 Å². The van der Waals surface area contributed by atoms with E-state index in [2.05, 4.69) is 4.98 Å². The van der Waals surface area contributed by atoms with E-state index in [4.69, 9.17) is 5.26 Å². The fraction of sp³-hybridized carbons (Fsp3) is 0.273. The fourth-order valence-electron chi connectivity index (χ4n) is 1.72. The Bertz CT molecular complexity index is 816. The maximum atomic E-state index is 12.9. The Morgan fingerprint density at radius 1 is 1.45 bits per heavy atom. The minimum absolute atomic E-state index is 0.354. The summed E-state index contributed by atoms with van der Waals surface area (Å²) in [5, 5.41) is 8.38. The summed E-state index contributed by atoms with van der Waals surface area (Å²) >= 11 is 0. The standard InChI is InChI=1S/C11H8F3N3O2S/c1-2-20(18,19)10-8(6-15)17-5-3-4-7(9(17)16-10)11(12,13)14/h3-5H,2H2,1H3. The molecule has 0 fully saturated rings. The van der Waals surface area contributed by atoms with Gasteiger partial charge in [0.2, 0.25) is 0 Å². The van der Waals surface area contributed by atoms with Gasteiger partial charge in [-0.1, -0.05) is 6.92 Å². The van der Waals surface area contributed by atoms with Crippen LogP contribution in [0.1, 0.15) is 18.2 Å². The van der Waals surface area contributed by atoms with Crippen LogP contribution >= 0.6 is 0 Å². The number of pyridine rings is 1. The van der Waals surface area contributed by atoms with Crippen molar-refractivity contribution in [2.24, 2.45) is 0 Å². The summed E-state index contributed by atoms with van der Waals surface area (Å²) in [5.74, 6) is -0.354. The molecule has 0 aliphatic heterocycles. The van der Waals surface area contributed by atoms with E-state index in [1.54, 1.807) is 6.07 Å². The first kappa shape index (κ1) is 14.3. The van der Waals surface area contributed by atoms with Crippen LogP contribution in [0.5, 0.6) is 0 Å². The van der Waals surface area contributed by atoms with Gasteiger partial charge in [0.15, 0.2) is 26.2 Å². The van der Waals surface area contributed by atoms with Gasteiger partial charge in [0.1, 0.15) is 6.07 Å². The van der Waals surface area contributed by atoms with E-state index < -0.39 is 37.9 Å². The highest BCUT2D eigenvalue weighted by atomic mass is 32.2. The highest BCUT2D eigenvalue weighted by Crippen LogP contribution is 2.33. The molecule has 0 amide bonds. The first-order valence-electron chi connectivity index (χ1n) is 5.43. The lowest BCUT2D eigenvalue weighted by molar-refractivity contribution is -0.136. The monoisotopic (exact) mass is 303 g/mol. The van der Waals surface area contributed by atoms with Crippen molar-refractivity contribution in [1.82, 2.24) is 9.38 Å². The zero-order valence-electron chi connectivity index (χ0n) is 10.1. The van der Waals surface area contributed by atoms with Gasteiger partial charge in [0.25, 0.3) is 0 Å². The van der Waals surface area contributed by atoms with Crippen LogP contribution in [-0.2, 0) is 16.0 Å². The van der Waals surface area contributed by atoms with Crippen molar-refractivity contribution >= 4 is 15.5 Å². The summed E-state index contributed by atoms with van der Waals surface area (Å²) in [5.41, 5.74) is -2.11. The number of fused-ring (bicyclic) bond motifs is 1. The third kappa shape index (κ3) is 2.12. The molecule has 106 valence electrons. The molecule has 0 atom stereocenters. The van der Waals surface area contributed by atoms with Gasteiger partial charge in [0, 0.05) is 6.20 Å². The lowest BCUT2D eigenvalue weighted by Gasteiger charge is -2.07. The van der Waals surface area contributed by atoms with Crippen molar-refractivity contribution in [2.45, 2.75) is 18.1 Å². The van der Waals surface area contributed by atoms with Crippen LogP contribution in [0.15, 0.2) is 23.4 Å². The van der Waals surface area contributed by atoms with Gasteiger partial charge in [-0.3, -0.25) is 4.40 Å². The molecule has 0 aromatic carbocycles. The van der Waals surface area contributed by atoms with Gasteiger partial charge in [-0.05, 0) is 12.1 Å². The molecule has 2 rings (SSSR count). The van der Waals surface area contributed by atoms with Crippen molar-refractivity contribution in [3.05, 3.63) is 29.6 Å². The maximum absolute atomic E-state index is 12.9. The van der Waals surface area contributed by atoms with Crippen LogP contribution in [0.4, 0.5) is 13.2 Å². The molecule has 0 saturated carbocycles. The van der Waals surface area contributed by atoms with Crippen LogP contribution in [0.2, 0.25) is 0 Å². The second-order valence-corrected chi connectivity index (χ2v) is 6.09. The van der Waals surface area contributed by atoms with Crippen molar-refractivity contribution < 1.29 is 21.6 Å². The number of sulfone groups is 1. The maximum Gasteiger partial charge on any atom is 0.419 e. The predicted molar refractivity (Wildman–Crippen MR) is 62.6 cm³/mol. The summed E-state index contributed by atoms with van der Waals surface area (Å²) < 4.78 is 63.0. The zero-order chi connectivity index (χ0) is 15.1. The topological polar surface area (TPSA) is 75.2 Å². The molecule has 5 nitrogen and oxygen atoms in total.